The van der Waals surface area contributed by atoms with Crippen LogP contribution in [0, 0.1) is 18.3 Å². The quantitative estimate of drug-likeness (QED) is 0.917. The Kier molecular flexibility index (Phi) is 4.99. The predicted octanol–water partition coefficient (Wildman–Crippen LogP) is 1.63. The number of likely N-dealkylation sites (tertiary alicyclic amines) is 1. The topological polar surface area (TPSA) is 73.2 Å². The molecule has 1 aromatic carbocycles. The van der Waals surface area contributed by atoms with Crippen LogP contribution in [0.25, 0.3) is 0 Å². The number of hydrogen-bond acceptors (Lipinski definition) is 4. The molecular formula is C15H21N3O2S. The van der Waals surface area contributed by atoms with Crippen molar-refractivity contribution >= 4 is 10.0 Å². The fraction of sp³-hybridized carbons (Fsp3) is 0.533. The zero-order valence-electron chi connectivity index (χ0n) is 12.5. The van der Waals surface area contributed by atoms with E-state index in [9.17, 15) is 8.42 Å². The van der Waals surface area contributed by atoms with Gasteiger partial charge >= 0.3 is 0 Å². The van der Waals surface area contributed by atoms with Crippen LogP contribution in [-0.2, 0) is 10.0 Å². The van der Waals surface area contributed by atoms with Gasteiger partial charge in [0.25, 0.3) is 0 Å². The summed E-state index contributed by atoms with van der Waals surface area (Å²) in [6.45, 7) is 3.19. The first-order valence-electron chi connectivity index (χ1n) is 7.14. The van der Waals surface area contributed by atoms with Crippen molar-refractivity contribution in [3.05, 3.63) is 29.3 Å². The average molecular weight is 307 g/mol. The summed E-state index contributed by atoms with van der Waals surface area (Å²) in [4.78, 5) is 2.42. The highest BCUT2D eigenvalue weighted by Gasteiger charge is 2.22. The van der Waals surface area contributed by atoms with Gasteiger partial charge in [0, 0.05) is 12.6 Å². The molecule has 1 heterocycles. The number of nitrogens with zero attached hydrogens (tertiary/aromatic N) is 2. The van der Waals surface area contributed by atoms with Crippen molar-refractivity contribution in [3.63, 3.8) is 0 Å². The molecule has 0 bridgehead atoms. The summed E-state index contributed by atoms with van der Waals surface area (Å²) in [6.07, 6.45) is 3.34. The van der Waals surface area contributed by atoms with E-state index in [4.69, 9.17) is 5.26 Å². The first-order chi connectivity index (χ1) is 9.94. The molecule has 1 aliphatic rings. The Balaban J connectivity index is 2.08. The number of benzene rings is 1. The summed E-state index contributed by atoms with van der Waals surface area (Å²) < 4.78 is 27.3. The lowest BCUT2D eigenvalue weighted by Gasteiger charge is -2.32. The molecule has 2 rings (SSSR count). The molecular weight excluding hydrogens is 286 g/mol. The number of sulfonamides is 1. The number of aryl methyl sites for hydroxylation is 1. The molecule has 0 spiro atoms. The van der Waals surface area contributed by atoms with Gasteiger partial charge in [0.15, 0.2) is 0 Å². The Labute approximate surface area is 126 Å². The summed E-state index contributed by atoms with van der Waals surface area (Å²) in [5.74, 6) is 0. The van der Waals surface area contributed by atoms with Crippen molar-refractivity contribution in [2.45, 2.75) is 37.1 Å². The van der Waals surface area contributed by atoms with Crippen LogP contribution < -0.4 is 4.72 Å². The third-order valence-corrected chi connectivity index (χ3v) is 5.48. The lowest BCUT2D eigenvalue weighted by Crippen LogP contribution is -2.44. The number of nitrogens with one attached hydrogen (secondary N) is 1. The van der Waals surface area contributed by atoms with Gasteiger partial charge in [0.05, 0.1) is 16.5 Å². The number of piperidine rings is 1. The second-order valence-corrected chi connectivity index (χ2v) is 7.34. The zero-order chi connectivity index (χ0) is 15.5. The molecule has 114 valence electrons. The minimum Gasteiger partial charge on any atom is -0.302 e. The molecule has 1 unspecified atom stereocenters. The van der Waals surface area contributed by atoms with Gasteiger partial charge in [-0.25, -0.2) is 13.1 Å². The summed E-state index contributed by atoms with van der Waals surface area (Å²) in [5.41, 5.74) is 1.18. The monoisotopic (exact) mass is 307 g/mol. The van der Waals surface area contributed by atoms with Crippen molar-refractivity contribution in [1.82, 2.24) is 9.62 Å². The number of nitriles is 1. The summed E-state index contributed by atoms with van der Waals surface area (Å²) in [7, 11) is -1.48. The molecule has 0 amide bonds. The molecule has 0 aromatic heterocycles. The molecule has 6 heteroatoms. The fourth-order valence-electron chi connectivity index (χ4n) is 2.62. The first-order valence-corrected chi connectivity index (χ1v) is 8.63. The van der Waals surface area contributed by atoms with E-state index >= 15 is 0 Å². The second kappa shape index (κ2) is 6.56. The molecule has 0 saturated carbocycles. The minimum absolute atomic E-state index is 0.220. The molecule has 1 saturated heterocycles. The molecule has 0 radical (unpaired) electrons. The minimum atomic E-state index is -3.52. The van der Waals surface area contributed by atoms with E-state index in [0.717, 1.165) is 19.4 Å². The Hall–Kier alpha value is -1.42. The van der Waals surface area contributed by atoms with Gasteiger partial charge in [-0.2, -0.15) is 5.26 Å². The molecule has 21 heavy (non-hydrogen) atoms. The third kappa shape index (κ3) is 3.82. The largest absolute Gasteiger partial charge is 0.302 e. The van der Waals surface area contributed by atoms with Gasteiger partial charge in [0.1, 0.15) is 0 Å². The van der Waals surface area contributed by atoms with Crippen molar-refractivity contribution in [1.29, 1.82) is 5.26 Å². The highest BCUT2D eigenvalue weighted by Crippen LogP contribution is 2.17. The molecule has 0 aliphatic carbocycles. The van der Waals surface area contributed by atoms with Crippen LogP contribution in [0.15, 0.2) is 23.1 Å². The van der Waals surface area contributed by atoms with E-state index in [1.54, 1.807) is 19.1 Å². The van der Waals surface area contributed by atoms with Crippen molar-refractivity contribution in [2.75, 3.05) is 20.1 Å². The maximum Gasteiger partial charge on any atom is 0.240 e. The Bertz CT molecular complexity index is 649. The van der Waals surface area contributed by atoms with Gasteiger partial charge in [-0.1, -0.05) is 6.42 Å². The third-order valence-electron chi connectivity index (χ3n) is 4.06. The number of hydrogen-bond donors (Lipinski definition) is 1. The molecule has 5 nitrogen and oxygen atoms in total. The van der Waals surface area contributed by atoms with Gasteiger partial charge < -0.3 is 4.90 Å². The van der Waals surface area contributed by atoms with E-state index in [1.807, 2.05) is 13.1 Å². The smallest absolute Gasteiger partial charge is 0.240 e. The van der Waals surface area contributed by atoms with Crippen molar-refractivity contribution in [2.24, 2.45) is 0 Å². The highest BCUT2D eigenvalue weighted by atomic mass is 32.2. The van der Waals surface area contributed by atoms with Gasteiger partial charge in [0.2, 0.25) is 10.0 Å². The first kappa shape index (κ1) is 16.0. The van der Waals surface area contributed by atoms with Crippen LogP contribution in [-0.4, -0.2) is 39.5 Å². The normalized spacial score (nSPS) is 20.1. The lowest BCUT2D eigenvalue weighted by atomic mass is 10.0. The lowest BCUT2D eigenvalue weighted by molar-refractivity contribution is 0.187. The Morgan fingerprint density at radius 2 is 2.19 bits per heavy atom. The molecule has 1 aliphatic heterocycles. The Morgan fingerprint density at radius 3 is 2.81 bits per heavy atom. The SMILES string of the molecule is Cc1cc(S(=O)(=O)NCC2CCCCN2C)ccc1C#N. The average Bonchev–Trinajstić information content (AvgIpc) is 2.46. The fourth-order valence-corrected chi connectivity index (χ4v) is 3.78. The van der Waals surface area contributed by atoms with Crippen LogP contribution in [0.1, 0.15) is 30.4 Å². The van der Waals surface area contributed by atoms with E-state index in [0.29, 0.717) is 17.7 Å². The van der Waals surface area contributed by atoms with Crippen molar-refractivity contribution in [3.8, 4) is 6.07 Å². The van der Waals surface area contributed by atoms with Crippen LogP contribution >= 0.6 is 0 Å². The van der Waals surface area contributed by atoms with Crippen LogP contribution in [0.3, 0.4) is 0 Å². The van der Waals surface area contributed by atoms with E-state index < -0.39 is 10.0 Å². The van der Waals surface area contributed by atoms with Gasteiger partial charge in [-0.15, -0.1) is 0 Å². The van der Waals surface area contributed by atoms with Crippen LogP contribution in [0.2, 0.25) is 0 Å². The Morgan fingerprint density at radius 1 is 1.43 bits per heavy atom. The van der Waals surface area contributed by atoms with E-state index in [-0.39, 0.29) is 10.9 Å². The molecule has 1 atom stereocenters. The summed E-state index contributed by atoms with van der Waals surface area (Å²) in [6, 6.07) is 6.88. The zero-order valence-corrected chi connectivity index (χ0v) is 13.3. The predicted molar refractivity (Wildman–Crippen MR) is 81.4 cm³/mol. The van der Waals surface area contributed by atoms with Gasteiger partial charge in [-0.05, 0) is 57.1 Å². The number of rotatable bonds is 4. The maximum absolute atomic E-state index is 12.3. The van der Waals surface area contributed by atoms with E-state index in [1.165, 1.54) is 12.5 Å². The molecule has 1 N–H and O–H groups in total. The second-order valence-electron chi connectivity index (χ2n) is 5.57. The van der Waals surface area contributed by atoms with Crippen molar-refractivity contribution < 1.29 is 8.42 Å². The number of likely N-dealkylation sites (N-methyl/N-ethyl adjacent to an activating group) is 1. The summed E-state index contributed by atoms with van der Waals surface area (Å²) in [5, 5.41) is 8.89. The summed E-state index contributed by atoms with van der Waals surface area (Å²) >= 11 is 0. The van der Waals surface area contributed by atoms with E-state index in [2.05, 4.69) is 9.62 Å². The maximum atomic E-state index is 12.3. The van der Waals surface area contributed by atoms with Gasteiger partial charge in [-0.3, -0.25) is 0 Å². The standard InChI is InChI=1S/C15H21N3O2S/c1-12-9-15(7-6-13(12)10-16)21(19,20)17-11-14-5-3-4-8-18(14)2/h6-7,9,14,17H,3-5,8,11H2,1-2H3. The molecule has 1 fully saturated rings. The highest BCUT2D eigenvalue weighted by molar-refractivity contribution is 7.89. The molecule has 1 aromatic rings. The van der Waals surface area contributed by atoms with Crippen LogP contribution in [0.4, 0.5) is 0 Å². The van der Waals surface area contributed by atoms with Crippen LogP contribution in [0.5, 0.6) is 0 Å².